The van der Waals surface area contributed by atoms with E-state index < -0.39 is 0 Å². The molecule has 0 bridgehead atoms. The van der Waals surface area contributed by atoms with E-state index in [2.05, 4.69) is 5.32 Å². The van der Waals surface area contributed by atoms with Crippen molar-refractivity contribution in [3.05, 3.63) is 52.4 Å². The van der Waals surface area contributed by atoms with E-state index in [0.29, 0.717) is 17.1 Å². The minimum absolute atomic E-state index is 0.452. The van der Waals surface area contributed by atoms with Gasteiger partial charge in [0.1, 0.15) is 11.8 Å². The Balaban J connectivity index is 2.08. The van der Waals surface area contributed by atoms with Crippen molar-refractivity contribution >= 4 is 17.3 Å². The monoisotopic (exact) mass is 246 g/mol. The van der Waals surface area contributed by atoms with Crippen LogP contribution in [0.25, 0.3) is 0 Å². The lowest BCUT2D eigenvalue weighted by Crippen LogP contribution is -1.99. The first-order valence-corrected chi connectivity index (χ1v) is 5.55. The maximum atomic E-state index is 8.76. The van der Waals surface area contributed by atoms with Gasteiger partial charge >= 0.3 is 0 Å². The highest BCUT2D eigenvalue weighted by molar-refractivity contribution is 6.32. The van der Waals surface area contributed by atoms with Gasteiger partial charge in [0.25, 0.3) is 0 Å². The summed E-state index contributed by atoms with van der Waals surface area (Å²) in [6, 6.07) is 9.19. The Labute approximate surface area is 105 Å². The number of nitrogens with one attached hydrogen (secondary N) is 1. The molecule has 0 aliphatic heterocycles. The summed E-state index contributed by atoms with van der Waals surface area (Å²) < 4.78 is 5.31. The Hall–Kier alpha value is -1.92. The molecule has 1 N–H and O–H groups in total. The normalized spacial score (nSPS) is 9.94. The summed E-state index contributed by atoms with van der Waals surface area (Å²) in [5.41, 5.74) is 2.45. The summed E-state index contributed by atoms with van der Waals surface area (Å²) in [5.74, 6) is 0.894. The van der Waals surface area contributed by atoms with Crippen molar-refractivity contribution in [1.29, 1.82) is 5.26 Å². The third-order valence-corrected chi connectivity index (χ3v) is 2.82. The van der Waals surface area contributed by atoms with Crippen LogP contribution in [0.1, 0.15) is 16.9 Å². The molecule has 86 valence electrons. The predicted octanol–water partition coefficient (Wildman–Crippen LogP) is 3.73. The molecule has 4 heteroatoms. The lowest BCUT2D eigenvalue weighted by molar-refractivity contribution is 0.515. The molecule has 0 unspecified atom stereocenters. The van der Waals surface area contributed by atoms with Crippen LogP contribution < -0.4 is 5.32 Å². The largest absolute Gasteiger partial charge is 0.467 e. The molecule has 2 rings (SSSR count). The lowest BCUT2D eigenvalue weighted by Gasteiger charge is -2.06. The number of nitriles is 1. The Morgan fingerprint density at radius 3 is 2.82 bits per heavy atom. The van der Waals surface area contributed by atoms with Gasteiger partial charge in [0.2, 0.25) is 0 Å². The average Bonchev–Trinajstić information content (AvgIpc) is 2.72. The molecule has 0 atom stereocenters. The van der Waals surface area contributed by atoms with Gasteiger partial charge in [0.05, 0.1) is 23.4 Å². The van der Waals surface area contributed by atoms with E-state index in [1.54, 1.807) is 18.4 Å². The second kappa shape index (κ2) is 4.94. The molecule has 0 amide bonds. The SMILES string of the molecule is Cc1ccoc1CNc1ccc(C#N)c(Cl)c1. The number of aryl methyl sites for hydroxylation is 1. The Kier molecular flexibility index (Phi) is 3.36. The van der Waals surface area contributed by atoms with E-state index in [0.717, 1.165) is 17.0 Å². The van der Waals surface area contributed by atoms with E-state index in [1.807, 2.05) is 25.1 Å². The van der Waals surface area contributed by atoms with Gasteiger partial charge in [0, 0.05) is 5.69 Å². The van der Waals surface area contributed by atoms with Crippen molar-refractivity contribution in [3.63, 3.8) is 0 Å². The first-order chi connectivity index (χ1) is 8.20. The topological polar surface area (TPSA) is 49.0 Å². The van der Waals surface area contributed by atoms with Gasteiger partial charge < -0.3 is 9.73 Å². The molecule has 0 fully saturated rings. The van der Waals surface area contributed by atoms with Crippen LogP contribution in [0.4, 0.5) is 5.69 Å². The maximum absolute atomic E-state index is 8.76. The fraction of sp³-hybridized carbons (Fsp3) is 0.154. The van der Waals surface area contributed by atoms with E-state index in [1.165, 1.54) is 0 Å². The molecule has 0 aliphatic carbocycles. The van der Waals surface area contributed by atoms with Crippen molar-refractivity contribution in [3.8, 4) is 6.07 Å². The van der Waals surface area contributed by atoms with Crippen LogP contribution >= 0.6 is 11.6 Å². The number of halogens is 1. The fourth-order valence-corrected chi connectivity index (χ4v) is 1.71. The molecular formula is C13H11ClN2O. The summed E-state index contributed by atoms with van der Waals surface area (Å²) in [5, 5.41) is 12.4. The van der Waals surface area contributed by atoms with Gasteiger partial charge in [-0.2, -0.15) is 5.26 Å². The average molecular weight is 247 g/mol. The van der Waals surface area contributed by atoms with Crippen molar-refractivity contribution in [2.45, 2.75) is 13.5 Å². The van der Waals surface area contributed by atoms with Crippen molar-refractivity contribution in [1.82, 2.24) is 0 Å². The standard InChI is InChI=1S/C13H11ClN2O/c1-9-4-5-17-13(9)8-16-11-3-2-10(7-15)12(14)6-11/h2-6,16H,8H2,1H3. The van der Waals surface area contributed by atoms with Gasteiger partial charge in [0.15, 0.2) is 0 Å². The van der Waals surface area contributed by atoms with Crippen molar-refractivity contribution < 1.29 is 4.42 Å². The van der Waals surface area contributed by atoms with Gasteiger partial charge in [-0.05, 0) is 36.8 Å². The summed E-state index contributed by atoms with van der Waals surface area (Å²) in [6.45, 7) is 2.59. The number of nitrogens with zero attached hydrogens (tertiary/aromatic N) is 1. The number of benzene rings is 1. The molecular weight excluding hydrogens is 236 g/mol. The predicted molar refractivity (Wildman–Crippen MR) is 66.9 cm³/mol. The smallest absolute Gasteiger partial charge is 0.125 e. The molecule has 0 saturated heterocycles. The van der Waals surface area contributed by atoms with E-state index in [4.69, 9.17) is 21.3 Å². The molecule has 3 nitrogen and oxygen atoms in total. The van der Waals surface area contributed by atoms with Crippen LogP contribution in [0.5, 0.6) is 0 Å². The minimum atomic E-state index is 0.452. The summed E-state index contributed by atoms with van der Waals surface area (Å²) in [4.78, 5) is 0. The van der Waals surface area contributed by atoms with Crippen LogP contribution in [-0.2, 0) is 6.54 Å². The molecule has 17 heavy (non-hydrogen) atoms. The minimum Gasteiger partial charge on any atom is -0.467 e. The van der Waals surface area contributed by atoms with E-state index in [-0.39, 0.29) is 0 Å². The molecule has 1 aromatic carbocycles. The zero-order chi connectivity index (χ0) is 12.3. The number of hydrogen-bond donors (Lipinski definition) is 1. The molecule has 0 radical (unpaired) electrons. The lowest BCUT2D eigenvalue weighted by atomic mass is 10.2. The van der Waals surface area contributed by atoms with E-state index >= 15 is 0 Å². The summed E-state index contributed by atoms with van der Waals surface area (Å²) in [6.07, 6.45) is 1.66. The molecule has 0 saturated carbocycles. The third kappa shape index (κ3) is 2.61. The molecule has 0 spiro atoms. The number of anilines is 1. The fourth-order valence-electron chi connectivity index (χ4n) is 1.48. The Morgan fingerprint density at radius 2 is 2.24 bits per heavy atom. The van der Waals surface area contributed by atoms with Gasteiger partial charge in [-0.25, -0.2) is 0 Å². The second-order valence-electron chi connectivity index (χ2n) is 3.69. The zero-order valence-corrected chi connectivity index (χ0v) is 10.1. The van der Waals surface area contributed by atoms with Crippen LogP contribution in [0.2, 0.25) is 5.02 Å². The number of hydrogen-bond acceptors (Lipinski definition) is 3. The van der Waals surface area contributed by atoms with Gasteiger partial charge in [-0.3, -0.25) is 0 Å². The molecule has 0 aliphatic rings. The van der Waals surface area contributed by atoms with Crippen molar-refractivity contribution in [2.24, 2.45) is 0 Å². The number of furan rings is 1. The first-order valence-electron chi connectivity index (χ1n) is 5.17. The van der Waals surface area contributed by atoms with Crippen LogP contribution in [0, 0.1) is 18.3 Å². The highest BCUT2D eigenvalue weighted by Crippen LogP contribution is 2.21. The zero-order valence-electron chi connectivity index (χ0n) is 9.33. The summed E-state index contributed by atoms with van der Waals surface area (Å²) in [7, 11) is 0. The van der Waals surface area contributed by atoms with E-state index in [9.17, 15) is 0 Å². The quantitative estimate of drug-likeness (QED) is 0.898. The third-order valence-electron chi connectivity index (χ3n) is 2.51. The highest BCUT2D eigenvalue weighted by atomic mass is 35.5. The van der Waals surface area contributed by atoms with Crippen LogP contribution in [0.15, 0.2) is 34.9 Å². The summed E-state index contributed by atoms with van der Waals surface area (Å²) >= 11 is 5.94. The molecule has 2 aromatic rings. The van der Waals surface area contributed by atoms with Crippen LogP contribution in [0.3, 0.4) is 0 Å². The molecule has 1 aromatic heterocycles. The Morgan fingerprint density at radius 1 is 1.41 bits per heavy atom. The van der Waals surface area contributed by atoms with Gasteiger partial charge in [-0.1, -0.05) is 11.6 Å². The van der Waals surface area contributed by atoms with Crippen LogP contribution in [-0.4, -0.2) is 0 Å². The Bertz CT molecular complexity index is 569. The van der Waals surface area contributed by atoms with Crippen molar-refractivity contribution in [2.75, 3.05) is 5.32 Å². The first kappa shape index (κ1) is 11.6. The number of rotatable bonds is 3. The second-order valence-corrected chi connectivity index (χ2v) is 4.09. The molecule has 1 heterocycles. The highest BCUT2D eigenvalue weighted by Gasteiger charge is 2.03. The maximum Gasteiger partial charge on any atom is 0.125 e. The van der Waals surface area contributed by atoms with Gasteiger partial charge in [-0.15, -0.1) is 0 Å².